The van der Waals surface area contributed by atoms with Gasteiger partial charge in [-0.3, -0.25) is 19.5 Å². The molecule has 30 heavy (non-hydrogen) atoms. The first-order chi connectivity index (χ1) is 14.6. The van der Waals surface area contributed by atoms with Crippen molar-refractivity contribution in [3.8, 4) is 11.4 Å². The molecule has 5 rings (SSSR count). The van der Waals surface area contributed by atoms with Crippen LogP contribution in [0.25, 0.3) is 22.2 Å². The molecule has 0 spiro atoms. The minimum Gasteiger partial charge on any atom is -0.336 e. The van der Waals surface area contributed by atoms with Gasteiger partial charge in [-0.05, 0) is 60.9 Å². The van der Waals surface area contributed by atoms with Gasteiger partial charge in [0.25, 0.3) is 11.5 Å². The van der Waals surface area contributed by atoms with E-state index in [1.807, 2.05) is 48.2 Å². The second-order valence-corrected chi connectivity index (χ2v) is 8.52. The standard InChI is InChI=1S/C24H26N4O2/c1-16-3-2-4-19-20(16)13-22(26-23(19)29)21-8-7-18(14-25-21)24(30)28-11-9-27(10-12-28)15-17-5-6-17/h2-4,7-8,13-14,17H,5-6,9-12,15H2,1H3,(H,26,29). The molecular weight excluding hydrogens is 376 g/mol. The zero-order valence-corrected chi connectivity index (χ0v) is 17.2. The molecule has 2 aliphatic rings. The molecule has 0 atom stereocenters. The van der Waals surface area contributed by atoms with Crippen molar-refractivity contribution in [2.45, 2.75) is 19.8 Å². The van der Waals surface area contributed by atoms with Gasteiger partial charge in [-0.1, -0.05) is 12.1 Å². The van der Waals surface area contributed by atoms with Crippen molar-refractivity contribution < 1.29 is 4.79 Å². The van der Waals surface area contributed by atoms with Gasteiger partial charge in [0.1, 0.15) is 0 Å². The van der Waals surface area contributed by atoms with Gasteiger partial charge in [-0.15, -0.1) is 0 Å². The highest BCUT2D eigenvalue weighted by atomic mass is 16.2. The number of hydrogen-bond acceptors (Lipinski definition) is 4. The van der Waals surface area contributed by atoms with Gasteiger partial charge in [0.05, 0.1) is 17.0 Å². The Morgan fingerprint density at radius 1 is 1.10 bits per heavy atom. The van der Waals surface area contributed by atoms with Gasteiger partial charge in [0, 0.05) is 44.3 Å². The van der Waals surface area contributed by atoms with E-state index in [-0.39, 0.29) is 11.5 Å². The minimum absolute atomic E-state index is 0.0305. The molecule has 2 aromatic heterocycles. The number of aryl methyl sites for hydroxylation is 1. The van der Waals surface area contributed by atoms with Crippen molar-refractivity contribution >= 4 is 16.7 Å². The molecule has 6 nitrogen and oxygen atoms in total. The second kappa shape index (κ2) is 7.69. The van der Waals surface area contributed by atoms with Crippen molar-refractivity contribution in [2.24, 2.45) is 5.92 Å². The lowest BCUT2D eigenvalue weighted by Gasteiger charge is -2.34. The largest absolute Gasteiger partial charge is 0.336 e. The minimum atomic E-state index is -0.128. The maximum absolute atomic E-state index is 12.9. The molecule has 3 heterocycles. The molecule has 2 fully saturated rings. The van der Waals surface area contributed by atoms with Crippen LogP contribution in [0.3, 0.4) is 0 Å². The summed E-state index contributed by atoms with van der Waals surface area (Å²) in [7, 11) is 0. The number of hydrogen-bond donors (Lipinski definition) is 1. The number of fused-ring (bicyclic) bond motifs is 1. The van der Waals surface area contributed by atoms with Crippen molar-refractivity contribution in [2.75, 3.05) is 32.7 Å². The van der Waals surface area contributed by atoms with Crippen LogP contribution < -0.4 is 5.56 Å². The average molecular weight is 402 g/mol. The number of carbonyl (C=O) groups excluding carboxylic acids is 1. The fourth-order valence-electron chi connectivity index (χ4n) is 4.24. The van der Waals surface area contributed by atoms with Crippen molar-refractivity contribution in [1.82, 2.24) is 19.8 Å². The predicted molar refractivity (Wildman–Crippen MR) is 118 cm³/mol. The third-order valence-corrected chi connectivity index (χ3v) is 6.26. The first kappa shape index (κ1) is 19.0. The van der Waals surface area contributed by atoms with E-state index in [0.717, 1.165) is 43.0 Å². The summed E-state index contributed by atoms with van der Waals surface area (Å²) in [6.45, 7) is 6.61. The summed E-state index contributed by atoms with van der Waals surface area (Å²) in [6.07, 6.45) is 4.34. The van der Waals surface area contributed by atoms with Gasteiger partial charge >= 0.3 is 0 Å². The Balaban J connectivity index is 1.32. The third kappa shape index (κ3) is 3.75. The molecule has 1 saturated carbocycles. The summed E-state index contributed by atoms with van der Waals surface area (Å²) in [6, 6.07) is 11.3. The van der Waals surface area contributed by atoms with Crippen molar-refractivity contribution in [3.05, 3.63) is 64.1 Å². The highest BCUT2D eigenvalue weighted by Gasteiger charge is 2.28. The Bertz CT molecular complexity index is 1140. The van der Waals surface area contributed by atoms with Crippen LogP contribution in [0.15, 0.2) is 47.4 Å². The maximum Gasteiger partial charge on any atom is 0.256 e. The highest BCUT2D eigenvalue weighted by molar-refractivity contribution is 5.94. The van der Waals surface area contributed by atoms with E-state index in [4.69, 9.17) is 0 Å². The quantitative estimate of drug-likeness (QED) is 0.728. The molecule has 0 radical (unpaired) electrons. The van der Waals surface area contributed by atoms with Crippen LogP contribution in [0.1, 0.15) is 28.8 Å². The second-order valence-electron chi connectivity index (χ2n) is 8.52. The molecule has 0 unspecified atom stereocenters. The number of benzene rings is 1. The summed E-state index contributed by atoms with van der Waals surface area (Å²) >= 11 is 0. The van der Waals surface area contributed by atoms with Crippen LogP contribution in [-0.2, 0) is 0 Å². The Hall–Kier alpha value is -2.99. The number of nitrogens with zero attached hydrogens (tertiary/aromatic N) is 3. The van der Waals surface area contributed by atoms with E-state index < -0.39 is 0 Å². The number of piperazine rings is 1. The molecule has 1 aliphatic carbocycles. The lowest BCUT2D eigenvalue weighted by molar-refractivity contribution is 0.0631. The van der Waals surface area contributed by atoms with E-state index in [2.05, 4.69) is 14.9 Å². The van der Waals surface area contributed by atoms with Gasteiger partial charge in [-0.25, -0.2) is 0 Å². The number of aromatic nitrogens is 2. The number of aromatic amines is 1. The molecule has 154 valence electrons. The van der Waals surface area contributed by atoms with Gasteiger partial charge in [0.2, 0.25) is 0 Å². The summed E-state index contributed by atoms with van der Waals surface area (Å²) in [5.74, 6) is 0.914. The van der Waals surface area contributed by atoms with E-state index in [1.165, 1.54) is 19.4 Å². The number of carbonyl (C=O) groups is 1. The van der Waals surface area contributed by atoms with Crippen LogP contribution >= 0.6 is 0 Å². The summed E-state index contributed by atoms with van der Waals surface area (Å²) in [5, 5.41) is 1.59. The Morgan fingerprint density at radius 2 is 1.90 bits per heavy atom. The summed E-state index contributed by atoms with van der Waals surface area (Å²) in [5.41, 5.74) is 2.83. The fourth-order valence-corrected chi connectivity index (χ4v) is 4.24. The summed E-state index contributed by atoms with van der Waals surface area (Å²) in [4.78, 5) is 37.1. The molecular formula is C24H26N4O2. The van der Waals surface area contributed by atoms with Crippen LogP contribution in [0, 0.1) is 12.8 Å². The van der Waals surface area contributed by atoms with Crippen LogP contribution in [0.2, 0.25) is 0 Å². The molecule has 1 N–H and O–H groups in total. The summed E-state index contributed by atoms with van der Waals surface area (Å²) < 4.78 is 0. The third-order valence-electron chi connectivity index (χ3n) is 6.26. The molecule has 1 saturated heterocycles. The van der Waals surface area contributed by atoms with Gasteiger partial charge < -0.3 is 9.88 Å². The fraction of sp³-hybridized carbons (Fsp3) is 0.375. The monoisotopic (exact) mass is 402 g/mol. The van der Waals surface area contributed by atoms with Crippen molar-refractivity contribution in [1.29, 1.82) is 0 Å². The first-order valence-electron chi connectivity index (χ1n) is 10.7. The van der Waals surface area contributed by atoms with E-state index >= 15 is 0 Å². The van der Waals surface area contributed by atoms with Crippen LogP contribution in [0.4, 0.5) is 0 Å². The normalized spacial score (nSPS) is 17.4. The molecule has 1 aromatic carbocycles. The smallest absolute Gasteiger partial charge is 0.256 e. The SMILES string of the molecule is Cc1cccc2c(=O)[nH]c(-c3ccc(C(=O)N4CCN(CC5CC5)CC4)cn3)cc12. The number of pyridine rings is 2. The zero-order chi connectivity index (χ0) is 20.7. The van der Waals surface area contributed by atoms with Gasteiger partial charge in [-0.2, -0.15) is 0 Å². The van der Waals surface area contributed by atoms with E-state index in [9.17, 15) is 9.59 Å². The predicted octanol–water partition coefficient (Wildman–Crippen LogP) is 3.07. The Kier molecular flexibility index (Phi) is 4.87. The Morgan fingerprint density at radius 3 is 2.60 bits per heavy atom. The van der Waals surface area contributed by atoms with Crippen LogP contribution in [0.5, 0.6) is 0 Å². The number of rotatable bonds is 4. The molecule has 1 amide bonds. The van der Waals surface area contributed by atoms with Crippen molar-refractivity contribution in [3.63, 3.8) is 0 Å². The molecule has 1 aliphatic heterocycles. The topological polar surface area (TPSA) is 69.3 Å². The maximum atomic E-state index is 12.9. The zero-order valence-electron chi connectivity index (χ0n) is 17.2. The molecule has 6 heteroatoms. The molecule has 0 bridgehead atoms. The lowest BCUT2D eigenvalue weighted by atomic mass is 10.1. The lowest BCUT2D eigenvalue weighted by Crippen LogP contribution is -2.49. The number of H-pyrrole nitrogens is 1. The van der Waals surface area contributed by atoms with Crippen LogP contribution in [-0.4, -0.2) is 58.4 Å². The first-order valence-corrected chi connectivity index (χ1v) is 10.7. The number of nitrogens with one attached hydrogen (secondary N) is 1. The average Bonchev–Trinajstić information content (AvgIpc) is 3.59. The van der Waals surface area contributed by atoms with E-state index in [1.54, 1.807) is 6.20 Å². The van der Waals surface area contributed by atoms with Gasteiger partial charge in [0.15, 0.2) is 0 Å². The Labute approximate surface area is 175 Å². The highest BCUT2D eigenvalue weighted by Crippen LogP contribution is 2.30. The number of amides is 1. The van der Waals surface area contributed by atoms with E-state index in [0.29, 0.717) is 22.3 Å². The molecule has 3 aromatic rings.